The number of hydrogen-bond acceptors (Lipinski definition) is 3. The molecule has 1 amide bonds. The Morgan fingerprint density at radius 2 is 1.77 bits per heavy atom. The second kappa shape index (κ2) is 9.11. The van der Waals surface area contributed by atoms with Crippen LogP contribution >= 0.6 is 0 Å². The quantitative estimate of drug-likeness (QED) is 0.643. The van der Waals surface area contributed by atoms with Crippen molar-refractivity contribution >= 4 is 5.91 Å². The number of nitrogens with one attached hydrogen (secondary N) is 1. The van der Waals surface area contributed by atoms with Crippen molar-refractivity contribution in [2.24, 2.45) is 11.7 Å². The predicted octanol–water partition coefficient (Wildman–Crippen LogP) is 2.46. The van der Waals surface area contributed by atoms with Crippen molar-refractivity contribution in [3.63, 3.8) is 0 Å². The lowest BCUT2D eigenvalue weighted by atomic mass is 9.82. The van der Waals surface area contributed by atoms with Crippen molar-refractivity contribution in [2.75, 3.05) is 19.6 Å². The number of carbonyl (C=O) groups is 1. The second-order valence-corrected chi connectivity index (χ2v) is 6.77. The Morgan fingerprint density at radius 1 is 1.23 bits per heavy atom. The van der Waals surface area contributed by atoms with Gasteiger partial charge in [-0.25, -0.2) is 0 Å². The molecule has 0 bridgehead atoms. The molecule has 0 aromatic heterocycles. The maximum atomic E-state index is 12.5. The van der Waals surface area contributed by atoms with Crippen molar-refractivity contribution in [1.82, 2.24) is 10.2 Å². The van der Waals surface area contributed by atoms with Crippen molar-refractivity contribution in [1.29, 1.82) is 0 Å². The molecule has 1 saturated carbocycles. The van der Waals surface area contributed by atoms with Gasteiger partial charge < -0.3 is 11.1 Å². The van der Waals surface area contributed by atoms with E-state index in [0.717, 1.165) is 38.8 Å². The van der Waals surface area contributed by atoms with Crippen molar-refractivity contribution < 1.29 is 4.79 Å². The lowest BCUT2D eigenvalue weighted by Gasteiger charge is -2.36. The van der Waals surface area contributed by atoms with Gasteiger partial charge in [0.1, 0.15) is 0 Å². The summed E-state index contributed by atoms with van der Waals surface area (Å²) in [5, 5.41) is 3.10. The molecule has 1 fully saturated rings. The van der Waals surface area contributed by atoms with Gasteiger partial charge in [0.05, 0.1) is 5.54 Å². The van der Waals surface area contributed by atoms with Crippen LogP contribution in [0.15, 0.2) is 25.3 Å². The molecule has 22 heavy (non-hydrogen) atoms. The molecule has 1 atom stereocenters. The SMILES string of the molecule is C=CCN(CC=C)C(CNC(=O)C1(N)CCCCC1)C(C)C. The van der Waals surface area contributed by atoms with Gasteiger partial charge in [-0.05, 0) is 18.8 Å². The first kappa shape index (κ1) is 18.9. The molecule has 1 unspecified atom stereocenters. The highest BCUT2D eigenvalue weighted by atomic mass is 16.2. The number of carbonyl (C=O) groups excluding carboxylic acids is 1. The van der Waals surface area contributed by atoms with E-state index in [1.165, 1.54) is 6.42 Å². The van der Waals surface area contributed by atoms with Crippen LogP contribution in [0, 0.1) is 5.92 Å². The molecule has 126 valence electrons. The predicted molar refractivity (Wildman–Crippen MR) is 93.6 cm³/mol. The summed E-state index contributed by atoms with van der Waals surface area (Å²) in [6.07, 6.45) is 8.68. The number of nitrogens with zero attached hydrogens (tertiary/aromatic N) is 1. The Morgan fingerprint density at radius 3 is 2.23 bits per heavy atom. The zero-order valence-electron chi connectivity index (χ0n) is 14.3. The van der Waals surface area contributed by atoms with E-state index in [1.807, 2.05) is 12.2 Å². The van der Waals surface area contributed by atoms with E-state index in [0.29, 0.717) is 12.5 Å². The third-order valence-corrected chi connectivity index (χ3v) is 4.64. The summed E-state index contributed by atoms with van der Waals surface area (Å²) < 4.78 is 0. The smallest absolute Gasteiger partial charge is 0.240 e. The van der Waals surface area contributed by atoms with Gasteiger partial charge in [0.15, 0.2) is 0 Å². The molecule has 1 aliphatic rings. The minimum Gasteiger partial charge on any atom is -0.353 e. The van der Waals surface area contributed by atoms with E-state index < -0.39 is 5.54 Å². The third kappa shape index (κ3) is 5.25. The Hall–Kier alpha value is -1.13. The Labute approximate surface area is 135 Å². The molecule has 0 radical (unpaired) electrons. The minimum absolute atomic E-state index is 0.00926. The summed E-state index contributed by atoms with van der Waals surface area (Å²) in [4.78, 5) is 14.8. The van der Waals surface area contributed by atoms with Gasteiger partial charge >= 0.3 is 0 Å². The molecule has 3 N–H and O–H groups in total. The van der Waals surface area contributed by atoms with Gasteiger partial charge in [-0.3, -0.25) is 9.69 Å². The normalized spacial score (nSPS) is 19.0. The van der Waals surface area contributed by atoms with Crippen LogP contribution in [0.4, 0.5) is 0 Å². The molecule has 4 heteroatoms. The Balaban J connectivity index is 2.64. The van der Waals surface area contributed by atoms with Crippen LogP contribution in [-0.4, -0.2) is 42.0 Å². The molecule has 0 heterocycles. The van der Waals surface area contributed by atoms with Crippen molar-refractivity contribution in [3.8, 4) is 0 Å². The summed E-state index contributed by atoms with van der Waals surface area (Å²) in [5.74, 6) is 0.440. The number of nitrogens with two attached hydrogens (primary N) is 1. The van der Waals surface area contributed by atoms with Crippen LogP contribution in [0.5, 0.6) is 0 Å². The van der Waals surface area contributed by atoms with E-state index in [9.17, 15) is 4.79 Å². The average molecular weight is 307 g/mol. The zero-order chi connectivity index (χ0) is 16.6. The Kier molecular flexibility index (Phi) is 7.83. The van der Waals surface area contributed by atoms with Crippen LogP contribution in [0.25, 0.3) is 0 Å². The monoisotopic (exact) mass is 307 g/mol. The summed E-state index contributed by atoms with van der Waals surface area (Å²) >= 11 is 0. The molecule has 0 aromatic carbocycles. The lowest BCUT2D eigenvalue weighted by Crippen LogP contribution is -2.57. The number of hydrogen-bond donors (Lipinski definition) is 2. The van der Waals surface area contributed by atoms with E-state index in [1.54, 1.807) is 0 Å². The summed E-state index contributed by atoms with van der Waals surface area (Å²) in [7, 11) is 0. The topological polar surface area (TPSA) is 58.4 Å². The first-order valence-electron chi connectivity index (χ1n) is 8.47. The first-order valence-corrected chi connectivity index (χ1v) is 8.47. The maximum absolute atomic E-state index is 12.5. The zero-order valence-corrected chi connectivity index (χ0v) is 14.3. The fourth-order valence-corrected chi connectivity index (χ4v) is 3.25. The fourth-order valence-electron chi connectivity index (χ4n) is 3.25. The number of amides is 1. The highest BCUT2D eigenvalue weighted by Crippen LogP contribution is 2.26. The van der Waals surface area contributed by atoms with Gasteiger partial charge in [0.2, 0.25) is 5.91 Å². The van der Waals surface area contributed by atoms with Crippen LogP contribution in [0.1, 0.15) is 46.0 Å². The van der Waals surface area contributed by atoms with Crippen LogP contribution in [0.2, 0.25) is 0 Å². The van der Waals surface area contributed by atoms with Crippen LogP contribution in [-0.2, 0) is 4.79 Å². The fraction of sp³-hybridized carbons (Fsp3) is 0.722. The van der Waals surface area contributed by atoms with Crippen LogP contribution < -0.4 is 11.1 Å². The largest absolute Gasteiger partial charge is 0.353 e. The molecular weight excluding hydrogens is 274 g/mol. The molecule has 0 aliphatic heterocycles. The molecule has 0 spiro atoms. The minimum atomic E-state index is -0.665. The van der Waals surface area contributed by atoms with Crippen molar-refractivity contribution in [3.05, 3.63) is 25.3 Å². The van der Waals surface area contributed by atoms with E-state index in [2.05, 4.69) is 37.2 Å². The van der Waals surface area contributed by atoms with Gasteiger partial charge in [-0.15, -0.1) is 13.2 Å². The van der Waals surface area contributed by atoms with Crippen molar-refractivity contribution in [2.45, 2.75) is 57.5 Å². The molecule has 1 aliphatic carbocycles. The van der Waals surface area contributed by atoms with E-state index >= 15 is 0 Å². The highest BCUT2D eigenvalue weighted by molar-refractivity contribution is 5.86. The van der Waals surface area contributed by atoms with Gasteiger partial charge in [-0.2, -0.15) is 0 Å². The van der Waals surface area contributed by atoms with E-state index in [-0.39, 0.29) is 11.9 Å². The average Bonchev–Trinajstić information content (AvgIpc) is 2.48. The summed E-state index contributed by atoms with van der Waals surface area (Å²) in [6, 6.07) is 0.257. The standard InChI is InChI=1S/C18H33N3O/c1-5-12-21(13-6-2)16(15(3)4)14-20-17(22)18(19)10-8-7-9-11-18/h5-6,15-16H,1-2,7-14,19H2,3-4H3,(H,20,22). The first-order chi connectivity index (χ1) is 10.4. The van der Waals surface area contributed by atoms with E-state index in [4.69, 9.17) is 5.73 Å². The highest BCUT2D eigenvalue weighted by Gasteiger charge is 2.35. The van der Waals surface area contributed by atoms with Gasteiger partial charge in [0, 0.05) is 25.7 Å². The molecule has 0 saturated heterocycles. The molecule has 1 rings (SSSR count). The Bertz CT molecular complexity index is 363. The lowest BCUT2D eigenvalue weighted by molar-refractivity contribution is -0.127. The molecule has 4 nitrogen and oxygen atoms in total. The molecular formula is C18H33N3O. The molecule has 0 aromatic rings. The third-order valence-electron chi connectivity index (χ3n) is 4.64. The maximum Gasteiger partial charge on any atom is 0.240 e. The van der Waals surface area contributed by atoms with Crippen LogP contribution in [0.3, 0.4) is 0 Å². The summed E-state index contributed by atoms with van der Waals surface area (Å²) in [5.41, 5.74) is 5.64. The summed E-state index contributed by atoms with van der Waals surface area (Å²) in [6.45, 7) is 14.2. The van der Waals surface area contributed by atoms with Gasteiger partial charge in [0.25, 0.3) is 0 Å². The number of rotatable bonds is 9. The second-order valence-electron chi connectivity index (χ2n) is 6.77. The van der Waals surface area contributed by atoms with Gasteiger partial charge in [-0.1, -0.05) is 45.3 Å².